The zero-order valence-electron chi connectivity index (χ0n) is 19.2. The Bertz CT molecular complexity index is 590. The van der Waals surface area contributed by atoms with E-state index in [2.05, 4.69) is 131 Å². The number of rotatable bonds is 0. The fourth-order valence-electron chi connectivity index (χ4n) is 1.99. The molecular weight excluding hydrogens is 324 g/mol. The van der Waals surface area contributed by atoms with Crippen molar-refractivity contribution in [1.29, 1.82) is 0 Å². The van der Waals surface area contributed by atoms with Crippen LogP contribution >= 0.6 is 0 Å². The molecule has 0 saturated heterocycles. The SMILES string of the molecule is C.CC(C)(C)C.CC(C)(C)c1ccccc1.Cc1ccc(C(C)(C)C)cc1. The molecule has 2 aromatic carbocycles. The van der Waals surface area contributed by atoms with Crippen molar-refractivity contribution >= 4 is 0 Å². The van der Waals surface area contributed by atoms with Crippen LogP contribution in [0.15, 0.2) is 54.6 Å². The van der Waals surface area contributed by atoms with Crippen LogP contribution in [-0.4, -0.2) is 0 Å². The number of hydrogen-bond donors (Lipinski definition) is 0. The predicted octanol–water partition coefficient (Wildman–Crippen LogP) is 8.97. The van der Waals surface area contributed by atoms with E-state index in [1.807, 2.05) is 0 Å². The maximum atomic E-state index is 2.23. The first-order chi connectivity index (χ1) is 11.6. The quantitative estimate of drug-likeness (QED) is 0.434. The lowest BCUT2D eigenvalue weighted by Gasteiger charge is -2.18. The first-order valence-corrected chi connectivity index (χ1v) is 9.73. The van der Waals surface area contributed by atoms with Crippen LogP contribution in [0.2, 0.25) is 0 Å². The third kappa shape index (κ3) is 15.2. The highest BCUT2D eigenvalue weighted by Crippen LogP contribution is 2.22. The molecule has 0 heterocycles. The summed E-state index contributed by atoms with van der Waals surface area (Å²) in [5.41, 5.74) is 5.21. The molecule has 0 aliphatic heterocycles. The van der Waals surface area contributed by atoms with Gasteiger partial charge < -0.3 is 0 Å². The minimum atomic E-state index is 0. The van der Waals surface area contributed by atoms with Gasteiger partial charge in [-0.15, -0.1) is 0 Å². The second kappa shape index (κ2) is 11.3. The zero-order valence-corrected chi connectivity index (χ0v) is 19.2. The van der Waals surface area contributed by atoms with Gasteiger partial charge in [-0.1, -0.05) is 137 Å². The van der Waals surface area contributed by atoms with E-state index in [0.717, 1.165) is 0 Å². The Morgan fingerprint density at radius 3 is 1.04 bits per heavy atom. The van der Waals surface area contributed by atoms with Gasteiger partial charge in [0.05, 0.1) is 0 Å². The van der Waals surface area contributed by atoms with Crippen molar-refractivity contribution in [2.24, 2.45) is 5.41 Å². The van der Waals surface area contributed by atoms with Crippen LogP contribution in [0.25, 0.3) is 0 Å². The van der Waals surface area contributed by atoms with Gasteiger partial charge in [0.2, 0.25) is 0 Å². The summed E-state index contributed by atoms with van der Waals surface area (Å²) in [5, 5.41) is 0. The first-order valence-electron chi connectivity index (χ1n) is 9.73. The van der Waals surface area contributed by atoms with Crippen molar-refractivity contribution in [3.63, 3.8) is 0 Å². The smallest absolute Gasteiger partial charge is 0.0132 e. The Morgan fingerprint density at radius 1 is 0.481 bits per heavy atom. The van der Waals surface area contributed by atoms with Gasteiger partial charge in [0.25, 0.3) is 0 Å². The van der Waals surface area contributed by atoms with E-state index in [-0.39, 0.29) is 12.8 Å². The van der Waals surface area contributed by atoms with Crippen LogP contribution in [0.3, 0.4) is 0 Å². The van der Waals surface area contributed by atoms with Gasteiger partial charge in [0.15, 0.2) is 0 Å². The summed E-state index contributed by atoms with van der Waals surface area (Å²) in [5.74, 6) is 0. The maximum absolute atomic E-state index is 2.23. The molecule has 2 rings (SSSR count). The Hall–Kier alpha value is -1.56. The van der Waals surface area contributed by atoms with Gasteiger partial charge in [-0.2, -0.15) is 0 Å². The standard InChI is InChI=1S/C11H16.C10H14.C5H12.CH4/c1-9-5-7-10(8-6-9)11(2,3)4;1-10(2,3)9-7-5-4-6-8-9;1-5(2,3)4;/h5-8H,1-4H3;4-8H,1-3H3;1-4H3;1H4. The minimum Gasteiger partial charge on any atom is -0.0776 e. The number of benzene rings is 2. The molecule has 0 heteroatoms. The van der Waals surface area contributed by atoms with Crippen molar-refractivity contribution < 1.29 is 0 Å². The third-order valence-corrected chi connectivity index (χ3v) is 3.56. The van der Waals surface area contributed by atoms with E-state index in [1.54, 1.807) is 0 Å². The largest absolute Gasteiger partial charge is 0.0776 e. The van der Waals surface area contributed by atoms with E-state index < -0.39 is 0 Å². The van der Waals surface area contributed by atoms with Crippen molar-refractivity contribution in [2.75, 3.05) is 0 Å². The molecule has 0 radical (unpaired) electrons. The normalized spacial score (nSPS) is 11.2. The van der Waals surface area contributed by atoms with Crippen molar-refractivity contribution in [2.45, 2.75) is 94.4 Å². The van der Waals surface area contributed by atoms with Gasteiger partial charge in [-0.25, -0.2) is 0 Å². The Morgan fingerprint density at radius 2 is 0.778 bits per heavy atom. The average molecular weight is 371 g/mol. The summed E-state index contributed by atoms with van der Waals surface area (Å²) < 4.78 is 0. The van der Waals surface area contributed by atoms with E-state index in [4.69, 9.17) is 0 Å². The van der Waals surface area contributed by atoms with Crippen molar-refractivity contribution in [3.05, 3.63) is 71.3 Å². The number of aryl methyl sites for hydroxylation is 1. The van der Waals surface area contributed by atoms with E-state index in [1.165, 1.54) is 16.7 Å². The van der Waals surface area contributed by atoms with Gasteiger partial charge in [0.1, 0.15) is 0 Å². The average Bonchev–Trinajstić information content (AvgIpc) is 2.46. The molecule has 0 spiro atoms. The molecule has 0 amide bonds. The second-order valence-corrected chi connectivity index (χ2v) is 10.7. The molecule has 0 unspecified atom stereocenters. The van der Waals surface area contributed by atoms with Crippen LogP contribution in [-0.2, 0) is 10.8 Å². The topological polar surface area (TPSA) is 0 Å². The Kier molecular flexibility index (Phi) is 11.6. The van der Waals surface area contributed by atoms with E-state index >= 15 is 0 Å². The Balaban J connectivity index is 0. The summed E-state index contributed by atoms with van der Waals surface area (Å²) in [6, 6.07) is 19.3. The minimum absolute atomic E-state index is 0. The summed E-state index contributed by atoms with van der Waals surface area (Å²) in [7, 11) is 0. The van der Waals surface area contributed by atoms with Gasteiger partial charge in [-0.3, -0.25) is 0 Å². The molecule has 0 fully saturated rings. The lowest BCUT2D eigenvalue weighted by atomic mass is 9.87. The van der Waals surface area contributed by atoms with Gasteiger partial charge in [0, 0.05) is 0 Å². The predicted molar refractivity (Wildman–Crippen MR) is 127 cm³/mol. The highest BCUT2D eigenvalue weighted by Gasteiger charge is 2.12. The molecule has 0 aromatic heterocycles. The second-order valence-electron chi connectivity index (χ2n) is 10.7. The molecule has 27 heavy (non-hydrogen) atoms. The molecule has 0 atom stereocenters. The summed E-state index contributed by atoms with van der Waals surface area (Å²) in [4.78, 5) is 0. The lowest BCUT2D eigenvalue weighted by molar-refractivity contribution is 0.469. The van der Waals surface area contributed by atoms with Gasteiger partial charge in [-0.05, 0) is 34.3 Å². The molecule has 0 aliphatic carbocycles. The Labute approximate surface area is 171 Å². The molecule has 154 valence electrons. The fourth-order valence-corrected chi connectivity index (χ4v) is 1.99. The monoisotopic (exact) mass is 370 g/mol. The van der Waals surface area contributed by atoms with Gasteiger partial charge >= 0.3 is 0 Å². The van der Waals surface area contributed by atoms with Crippen LogP contribution in [0.1, 0.15) is 93.4 Å². The summed E-state index contributed by atoms with van der Waals surface area (Å²) in [6.45, 7) is 24.2. The molecule has 0 nitrogen and oxygen atoms in total. The highest BCUT2D eigenvalue weighted by atomic mass is 14.2. The molecule has 0 saturated carbocycles. The summed E-state index contributed by atoms with van der Waals surface area (Å²) in [6.07, 6.45) is 0. The third-order valence-electron chi connectivity index (χ3n) is 3.56. The number of hydrogen-bond acceptors (Lipinski definition) is 0. The lowest BCUT2D eigenvalue weighted by Crippen LogP contribution is -2.10. The summed E-state index contributed by atoms with van der Waals surface area (Å²) >= 11 is 0. The maximum Gasteiger partial charge on any atom is -0.0132 e. The van der Waals surface area contributed by atoms with Crippen molar-refractivity contribution in [1.82, 2.24) is 0 Å². The zero-order chi connectivity index (χ0) is 20.6. The molecule has 2 aromatic rings. The van der Waals surface area contributed by atoms with Crippen LogP contribution < -0.4 is 0 Å². The molecule has 0 N–H and O–H groups in total. The van der Waals surface area contributed by atoms with E-state index in [0.29, 0.717) is 10.8 Å². The molecule has 0 bridgehead atoms. The molecular formula is C27H46. The fraction of sp³-hybridized carbons (Fsp3) is 0.556. The van der Waals surface area contributed by atoms with Crippen molar-refractivity contribution in [3.8, 4) is 0 Å². The van der Waals surface area contributed by atoms with E-state index in [9.17, 15) is 0 Å². The first kappa shape index (κ1) is 27.7. The highest BCUT2D eigenvalue weighted by molar-refractivity contribution is 5.26. The molecule has 0 aliphatic rings. The van der Waals surface area contributed by atoms with Crippen LogP contribution in [0.5, 0.6) is 0 Å². The van der Waals surface area contributed by atoms with Crippen LogP contribution in [0, 0.1) is 12.3 Å². The van der Waals surface area contributed by atoms with Crippen LogP contribution in [0.4, 0.5) is 0 Å².